The van der Waals surface area contributed by atoms with Crippen LogP contribution >= 0.6 is 11.8 Å². The number of nitrogens with zero attached hydrogens (tertiary/aromatic N) is 1. The zero-order valence-electron chi connectivity index (χ0n) is 7.32. The summed E-state index contributed by atoms with van der Waals surface area (Å²) < 4.78 is 0. The van der Waals surface area contributed by atoms with Crippen molar-refractivity contribution >= 4 is 28.4 Å². The SMILES string of the molecule is CSc1cc(N)c2ncccc2c1. The molecule has 2 nitrogen and oxygen atoms in total. The van der Waals surface area contributed by atoms with E-state index in [2.05, 4.69) is 11.1 Å². The van der Waals surface area contributed by atoms with Gasteiger partial charge in [-0.1, -0.05) is 6.07 Å². The number of thioether (sulfide) groups is 1. The van der Waals surface area contributed by atoms with Gasteiger partial charge in [-0.15, -0.1) is 11.8 Å². The molecule has 0 radical (unpaired) electrons. The van der Waals surface area contributed by atoms with Crippen LogP contribution in [0.5, 0.6) is 0 Å². The van der Waals surface area contributed by atoms with E-state index >= 15 is 0 Å². The Morgan fingerprint density at radius 1 is 1.38 bits per heavy atom. The fourth-order valence-electron chi connectivity index (χ4n) is 1.31. The van der Waals surface area contributed by atoms with Crippen molar-refractivity contribution in [1.82, 2.24) is 4.98 Å². The number of nitrogens with two attached hydrogens (primary N) is 1. The maximum atomic E-state index is 5.86. The van der Waals surface area contributed by atoms with Gasteiger partial charge >= 0.3 is 0 Å². The van der Waals surface area contributed by atoms with E-state index in [9.17, 15) is 0 Å². The Hall–Kier alpha value is -1.22. The molecule has 2 aromatic rings. The second-order valence-electron chi connectivity index (χ2n) is 2.79. The third-order valence-corrected chi connectivity index (χ3v) is 2.65. The van der Waals surface area contributed by atoms with Gasteiger partial charge < -0.3 is 5.73 Å². The predicted octanol–water partition coefficient (Wildman–Crippen LogP) is 2.54. The van der Waals surface area contributed by atoms with Crippen LogP contribution in [0.4, 0.5) is 5.69 Å². The molecule has 2 rings (SSSR count). The van der Waals surface area contributed by atoms with E-state index in [0.29, 0.717) is 0 Å². The number of benzene rings is 1. The van der Waals surface area contributed by atoms with Crippen molar-refractivity contribution in [3.05, 3.63) is 30.5 Å². The molecule has 0 fully saturated rings. The van der Waals surface area contributed by atoms with Gasteiger partial charge in [0.05, 0.1) is 11.2 Å². The third kappa shape index (κ3) is 1.47. The fourth-order valence-corrected chi connectivity index (χ4v) is 1.80. The second-order valence-corrected chi connectivity index (χ2v) is 3.67. The first kappa shape index (κ1) is 8.38. The standard InChI is InChI=1S/C10H10N2S/c1-13-8-5-7-3-2-4-12-10(7)9(11)6-8/h2-6H,11H2,1H3. The van der Waals surface area contributed by atoms with Crippen LogP contribution < -0.4 is 5.73 Å². The highest BCUT2D eigenvalue weighted by Crippen LogP contribution is 2.25. The average molecular weight is 190 g/mol. The molecule has 3 heteroatoms. The molecule has 2 N–H and O–H groups in total. The zero-order valence-corrected chi connectivity index (χ0v) is 8.14. The quantitative estimate of drug-likeness (QED) is 0.554. The van der Waals surface area contributed by atoms with Crippen molar-refractivity contribution in [3.8, 4) is 0 Å². The normalized spacial score (nSPS) is 10.5. The number of hydrogen-bond donors (Lipinski definition) is 1. The monoisotopic (exact) mass is 190 g/mol. The van der Waals surface area contributed by atoms with Gasteiger partial charge in [-0.3, -0.25) is 4.98 Å². The fraction of sp³-hybridized carbons (Fsp3) is 0.100. The van der Waals surface area contributed by atoms with Gasteiger partial charge in [-0.2, -0.15) is 0 Å². The van der Waals surface area contributed by atoms with Crippen molar-refractivity contribution in [1.29, 1.82) is 0 Å². The Morgan fingerprint density at radius 2 is 2.23 bits per heavy atom. The van der Waals surface area contributed by atoms with Gasteiger partial charge in [0.25, 0.3) is 0 Å². The Morgan fingerprint density at radius 3 is 3.00 bits per heavy atom. The highest BCUT2D eigenvalue weighted by Gasteiger charge is 2.00. The van der Waals surface area contributed by atoms with Crippen LogP contribution in [0, 0.1) is 0 Å². The molecule has 1 aromatic carbocycles. The van der Waals surface area contributed by atoms with E-state index in [1.54, 1.807) is 18.0 Å². The molecule has 0 atom stereocenters. The molecule has 0 aliphatic carbocycles. The molecule has 13 heavy (non-hydrogen) atoms. The van der Waals surface area contributed by atoms with Crippen LogP contribution in [-0.2, 0) is 0 Å². The van der Waals surface area contributed by atoms with E-state index in [-0.39, 0.29) is 0 Å². The Balaban J connectivity index is 2.77. The number of anilines is 1. The summed E-state index contributed by atoms with van der Waals surface area (Å²) in [5, 5.41) is 1.10. The Kier molecular flexibility index (Phi) is 2.10. The number of hydrogen-bond acceptors (Lipinski definition) is 3. The molecular weight excluding hydrogens is 180 g/mol. The van der Waals surface area contributed by atoms with Crippen LogP contribution in [0.1, 0.15) is 0 Å². The van der Waals surface area contributed by atoms with Crippen molar-refractivity contribution in [2.45, 2.75) is 4.90 Å². The first-order chi connectivity index (χ1) is 6.31. The first-order valence-electron chi connectivity index (χ1n) is 3.99. The Bertz CT molecular complexity index is 440. The predicted molar refractivity (Wildman–Crippen MR) is 57.9 cm³/mol. The smallest absolute Gasteiger partial charge is 0.0931 e. The van der Waals surface area contributed by atoms with Crippen molar-refractivity contribution < 1.29 is 0 Å². The summed E-state index contributed by atoms with van der Waals surface area (Å²) >= 11 is 1.69. The highest BCUT2D eigenvalue weighted by atomic mass is 32.2. The van der Waals surface area contributed by atoms with Crippen molar-refractivity contribution in [2.75, 3.05) is 12.0 Å². The number of nitrogen functional groups attached to an aromatic ring is 1. The molecule has 0 saturated heterocycles. The number of rotatable bonds is 1. The van der Waals surface area contributed by atoms with Crippen molar-refractivity contribution in [2.24, 2.45) is 0 Å². The summed E-state index contributed by atoms with van der Waals surface area (Å²) in [7, 11) is 0. The molecule has 1 aromatic heterocycles. The largest absolute Gasteiger partial charge is 0.397 e. The van der Waals surface area contributed by atoms with E-state index in [4.69, 9.17) is 5.73 Å². The number of aromatic nitrogens is 1. The van der Waals surface area contributed by atoms with Gasteiger partial charge in [0.2, 0.25) is 0 Å². The van der Waals surface area contributed by atoms with Gasteiger partial charge in [0, 0.05) is 16.5 Å². The zero-order chi connectivity index (χ0) is 9.26. The molecule has 0 bridgehead atoms. The lowest BCUT2D eigenvalue weighted by Crippen LogP contribution is -1.89. The summed E-state index contributed by atoms with van der Waals surface area (Å²) in [4.78, 5) is 5.40. The van der Waals surface area contributed by atoms with E-state index < -0.39 is 0 Å². The van der Waals surface area contributed by atoms with E-state index in [1.807, 2.05) is 24.5 Å². The number of pyridine rings is 1. The molecule has 0 aliphatic heterocycles. The van der Waals surface area contributed by atoms with E-state index in [1.165, 1.54) is 4.90 Å². The number of fused-ring (bicyclic) bond motifs is 1. The van der Waals surface area contributed by atoms with Gasteiger partial charge in [0.15, 0.2) is 0 Å². The molecule has 1 heterocycles. The Labute approximate surface area is 81.2 Å². The van der Waals surface area contributed by atoms with Crippen LogP contribution in [0.15, 0.2) is 35.4 Å². The van der Waals surface area contributed by atoms with E-state index in [0.717, 1.165) is 16.6 Å². The molecule has 0 spiro atoms. The van der Waals surface area contributed by atoms with Crippen LogP contribution in [0.25, 0.3) is 10.9 Å². The summed E-state index contributed by atoms with van der Waals surface area (Å²) in [6.07, 6.45) is 3.80. The average Bonchev–Trinajstić information content (AvgIpc) is 2.18. The topological polar surface area (TPSA) is 38.9 Å². The summed E-state index contributed by atoms with van der Waals surface area (Å²) in [5.74, 6) is 0. The summed E-state index contributed by atoms with van der Waals surface area (Å²) in [6.45, 7) is 0. The molecule has 0 amide bonds. The van der Waals surface area contributed by atoms with Gasteiger partial charge in [-0.25, -0.2) is 0 Å². The summed E-state index contributed by atoms with van der Waals surface area (Å²) in [6, 6.07) is 8.01. The van der Waals surface area contributed by atoms with Gasteiger partial charge in [0.1, 0.15) is 0 Å². The highest BCUT2D eigenvalue weighted by molar-refractivity contribution is 7.98. The lowest BCUT2D eigenvalue weighted by Gasteiger charge is -2.03. The van der Waals surface area contributed by atoms with Gasteiger partial charge in [-0.05, 0) is 24.5 Å². The molecule has 0 aliphatic rings. The summed E-state index contributed by atoms with van der Waals surface area (Å²) in [5.41, 5.74) is 7.50. The lowest BCUT2D eigenvalue weighted by atomic mass is 10.2. The van der Waals surface area contributed by atoms with Crippen LogP contribution in [-0.4, -0.2) is 11.2 Å². The van der Waals surface area contributed by atoms with Crippen LogP contribution in [0.3, 0.4) is 0 Å². The minimum atomic E-state index is 0.752. The van der Waals surface area contributed by atoms with Crippen LogP contribution in [0.2, 0.25) is 0 Å². The minimum absolute atomic E-state index is 0.752. The molecule has 0 unspecified atom stereocenters. The second kappa shape index (κ2) is 3.26. The van der Waals surface area contributed by atoms with Crippen molar-refractivity contribution in [3.63, 3.8) is 0 Å². The minimum Gasteiger partial charge on any atom is -0.397 e. The maximum absolute atomic E-state index is 5.86. The third-order valence-electron chi connectivity index (χ3n) is 1.94. The maximum Gasteiger partial charge on any atom is 0.0931 e. The lowest BCUT2D eigenvalue weighted by molar-refractivity contribution is 1.39. The molecular formula is C10H10N2S. The molecule has 0 saturated carbocycles. The first-order valence-corrected chi connectivity index (χ1v) is 5.22. The molecule has 66 valence electrons.